The van der Waals surface area contributed by atoms with E-state index >= 15 is 0 Å². The number of rotatable bonds is 5. The Hall–Kier alpha value is -1.76. The molecule has 7 heteroatoms. The van der Waals surface area contributed by atoms with Gasteiger partial charge in [-0.15, -0.1) is 0 Å². The minimum Gasteiger partial charge on any atom is -0.354 e. The Balaban J connectivity index is 1.86. The highest BCUT2D eigenvalue weighted by molar-refractivity contribution is 6.30. The van der Waals surface area contributed by atoms with E-state index in [0.717, 1.165) is 5.56 Å². The van der Waals surface area contributed by atoms with Crippen molar-refractivity contribution in [3.05, 3.63) is 47.5 Å². The summed E-state index contributed by atoms with van der Waals surface area (Å²) in [7, 11) is 0. The smallest absolute Gasteiger partial charge is 0.168 e. The molecule has 122 valence electrons. The van der Waals surface area contributed by atoms with E-state index in [9.17, 15) is 4.79 Å². The second-order valence-electron chi connectivity index (χ2n) is 5.96. The SMILES string of the molecule is CC1(C(=O)C(Cc2ccc(Cl)cc2)n2cncn2)COCOC1. The number of halogens is 1. The Bertz CT molecular complexity index is 652. The van der Waals surface area contributed by atoms with Crippen LogP contribution in [0.3, 0.4) is 0 Å². The number of aromatic nitrogens is 3. The van der Waals surface area contributed by atoms with Gasteiger partial charge in [0.1, 0.15) is 25.5 Å². The molecule has 1 unspecified atom stereocenters. The van der Waals surface area contributed by atoms with E-state index in [-0.39, 0.29) is 12.6 Å². The third-order valence-electron chi connectivity index (χ3n) is 4.00. The summed E-state index contributed by atoms with van der Waals surface area (Å²) in [5.41, 5.74) is 0.311. The molecule has 0 aliphatic carbocycles. The van der Waals surface area contributed by atoms with Crippen LogP contribution in [0.25, 0.3) is 0 Å². The Morgan fingerprint density at radius 2 is 2.04 bits per heavy atom. The average molecular weight is 336 g/mol. The van der Waals surface area contributed by atoms with E-state index in [1.165, 1.54) is 6.33 Å². The fraction of sp³-hybridized carbons (Fsp3) is 0.438. The molecule has 0 saturated carbocycles. The van der Waals surface area contributed by atoms with Crippen molar-refractivity contribution in [2.75, 3.05) is 20.0 Å². The van der Waals surface area contributed by atoms with Gasteiger partial charge in [0.15, 0.2) is 5.78 Å². The van der Waals surface area contributed by atoms with Gasteiger partial charge in [-0.1, -0.05) is 23.7 Å². The summed E-state index contributed by atoms with van der Waals surface area (Å²) >= 11 is 5.93. The van der Waals surface area contributed by atoms with Gasteiger partial charge < -0.3 is 9.47 Å². The summed E-state index contributed by atoms with van der Waals surface area (Å²) in [4.78, 5) is 17.1. The number of nitrogens with zero attached hydrogens (tertiary/aromatic N) is 3. The number of Topliss-reactive ketones (excluding diaryl/α,β-unsaturated/α-hetero) is 1. The van der Waals surface area contributed by atoms with E-state index in [4.69, 9.17) is 21.1 Å². The minimum absolute atomic E-state index is 0.0256. The molecule has 0 spiro atoms. The molecular weight excluding hydrogens is 318 g/mol. The molecule has 1 saturated heterocycles. The molecule has 0 amide bonds. The van der Waals surface area contributed by atoms with Gasteiger partial charge in [0, 0.05) is 11.4 Å². The molecule has 1 aliphatic rings. The van der Waals surface area contributed by atoms with Crippen LogP contribution in [0.15, 0.2) is 36.9 Å². The Labute approximate surface area is 139 Å². The topological polar surface area (TPSA) is 66.2 Å². The largest absolute Gasteiger partial charge is 0.354 e. The van der Waals surface area contributed by atoms with E-state index in [2.05, 4.69) is 10.1 Å². The molecule has 1 atom stereocenters. The first-order chi connectivity index (χ1) is 11.1. The van der Waals surface area contributed by atoms with E-state index < -0.39 is 11.5 Å². The van der Waals surface area contributed by atoms with Crippen LogP contribution in [0.2, 0.25) is 5.02 Å². The van der Waals surface area contributed by atoms with E-state index in [1.807, 2.05) is 31.2 Å². The lowest BCUT2D eigenvalue weighted by atomic mass is 9.81. The molecule has 6 nitrogen and oxygen atoms in total. The van der Waals surface area contributed by atoms with Crippen LogP contribution in [-0.4, -0.2) is 40.6 Å². The molecule has 2 aromatic rings. The van der Waals surface area contributed by atoms with Gasteiger partial charge in [0.05, 0.1) is 18.6 Å². The standard InChI is InChI=1S/C16H18ClN3O3/c1-16(7-22-11-23-8-16)15(21)14(20-10-18-9-19-20)6-12-2-4-13(17)5-3-12/h2-5,9-10,14H,6-8,11H2,1H3. The van der Waals surface area contributed by atoms with Crippen LogP contribution in [-0.2, 0) is 20.7 Å². The van der Waals surface area contributed by atoms with Gasteiger partial charge in [0.2, 0.25) is 0 Å². The van der Waals surface area contributed by atoms with Gasteiger partial charge in [-0.25, -0.2) is 9.67 Å². The predicted octanol–water partition coefficient (Wildman–Crippen LogP) is 2.29. The molecule has 1 aromatic heterocycles. The molecule has 3 rings (SSSR count). The van der Waals surface area contributed by atoms with Crippen LogP contribution in [0.4, 0.5) is 0 Å². The summed E-state index contributed by atoms with van der Waals surface area (Å²) in [6, 6.07) is 6.99. The van der Waals surface area contributed by atoms with Crippen molar-refractivity contribution >= 4 is 17.4 Å². The predicted molar refractivity (Wildman–Crippen MR) is 84.1 cm³/mol. The minimum atomic E-state index is -0.693. The highest BCUT2D eigenvalue weighted by Gasteiger charge is 2.41. The van der Waals surface area contributed by atoms with Crippen molar-refractivity contribution in [1.29, 1.82) is 0 Å². The number of carbonyl (C=O) groups excluding carboxylic acids is 1. The lowest BCUT2D eigenvalue weighted by molar-refractivity contribution is -0.174. The molecule has 0 bridgehead atoms. The van der Waals surface area contributed by atoms with Crippen molar-refractivity contribution in [3.63, 3.8) is 0 Å². The molecule has 0 N–H and O–H groups in total. The maximum Gasteiger partial charge on any atom is 0.168 e. The highest BCUT2D eigenvalue weighted by Crippen LogP contribution is 2.30. The summed E-state index contributed by atoms with van der Waals surface area (Å²) in [5, 5.41) is 4.82. The van der Waals surface area contributed by atoms with E-state index in [1.54, 1.807) is 11.0 Å². The fourth-order valence-electron chi connectivity index (χ4n) is 2.71. The lowest BCUT2D eigenvalue weighted by Gasteiger charge is -2.34. The van der Waals surface area contributed by atoms with Crippen molar-refractivity contribution < 1.29 is 14.3 Å². The van der Waals surface area contributed by atoms with Gasteiger partial charge in [-0.2, -0.15) is 5.10 Å². The van der Waals surface area contributed by atoms with Crippen LogP contribution >= 0.6 is 11.6 Å². The van der Waals surface area contributed by atoms with Crippen molar-refractivity contribution in [2.24, 2.45) is 5.41 Å². The number of hydrogen-bond donors (Lipinski definition) is 0. The number of benzene rings is 1. The van der Waals surface area contributed by atoms with Crippen LogP contribution in [0, 0.1) is 5.41 Å². The van der Waals surface area contributed by atoms with Crippen molar-refractivity contribution in [1.82, 2.24) is 14.8 Å². The molecule has 1 aliphatic heterocycles. The number of hydrogen-bond acceptors (Lipinski definition) is 5. The summed E-state index contributed by atoms with van der Waals surface area (Å²) < 4.78 is 12.3. The molecule has 2 heterocycles. The maximum absolute atomic E-state index is 13.1. The molecular formula is C16H18ClN3O3. The van der Waals surface area contributed by atoms with Gasteiger partial charge in [0.25, 0.3) is 0 Å². The lowest BCUT2D eigenvalue weighted by Crippen LogP contribution is -2.45. The first-order valence-corrected chi connectivity index (χ1v) is 7.75. The molecule has 0 radical (unpaired) electrons. The maximum atomic E-state index is 13.1. The van der Waals surface area contributed by atoms with Crippen LogP contribution in [0.1, 0.15) is 18.5 Å². The van der Waals surface area contributed by atoms with Crippen molar-refractivity contribution in [3.8, 4) is 0 Å². The summed E-state index contributed by atoms with van der Waals surface area (Å²) in [6.45, 7) is 2.78. The third-order valence-corrected chi connectivity index (χ3v) is 4.26. The molecule has 23 heavy (non-hydrogen) atoms. The van der Waals surface area contributed by atoms with Crippen LogP contribution < -0.4 is 0 Å². The zero-order chi connectivity index (χ0) is 16.3. The normalized spacial score (nSPS) is 18.5. The molecule has 1 fully saturated rings. The summed E-state index contributed by atoms with van der Waals surface area (Å²) in [6.07, 6.45) is 3.50. The number of carbonyl (C=O) groups is 1. The second-order valence-corrected chi connectivity index (χ2v) is 6.40. The quantitative estimate of drug-likeness (QED) is 0.838. The van der Waals surface area contributed by atoms with Gasteiger partial charge in [-0.05, 0) is 24.6 Å². The first-order valence-electron chi connectivity index (χ1n) is 7.37. The second kappa shape index (κ2) is 6.78. The highest BCUT2D eigenvalue weighted by atomic mass is 35.5. The summed E-state index contributed by atoms with van der Waals surface area (Å²) in [5.74, 6) is 0.0256. The zero-order valence-corrected chi connectivity index (χ0v) is 13.6. The monoisotopic (exact) mass is 335 g/mol. The van der Waals surface area contributed by atoms with Crippen molar-refractivity contribution in [2.45, 2.75) is 19.4 Å². The van der Waals surface area contributed by atoms with Gasteiger partial charge >= 0.3 is 0 Å². The fourth-order valence-corrected chi connectivity index (χ4v) is 2.83. The molecule has 1 aromatic carbocycles. The van der Waals surface area contributed by atoms with Crippen LogP contribution in [0.5, 0.6) is 0 Å². The van der Waals surface area contributed by atoms with E-state index in [0.29, 0.717) is 24.7 Å². The van der Waals surface area contributed by atoms with Gasteiger partial charge in [-0.3, -0.25) is 4.79 Å². The zero-order valence-electron chi connectivity index (χ0n) is 12.8. The number of ether oxygens (including phenoxy) is 2. The Morgan fingerprint density at radius 1 is 1.35 bits per heavy atom. The Morgan fingerprint density at radius 3 is 2.65 bits per heavy atom. The average Bonchev–Trinajstić information content (AvgIpc) is 3.08. The Kier molecular flexibility index (Phi) is 4.75. The first kappa shape index (κ1) is 16.1. The number of ketones is 1. The third kappa shape index (κ3) is 3.60.